The van der Waals surface area contributed by atoms with Crippen molar-refractivity contribution in [2.24, 2.45) is 0 Å². The number of hydrogen-bond acceptors (Lipinski definition) is 6. The van der Waals surface area contributed by atoms with Crippen molar-refractivity contribution in [2.45, 2.75) is 31.2 Å². The highest BCUT2D eigenvalue weighted by atomic mass is 32.2. The number of rotatable bonds is 4. The summed E-state index contributed by atoms with van der Waals surface area (Å²) in [5, 5.41) is 2.94. The normalized spacial score (nSPS) is 12.0. The summed E-state index contributed by atoms with van der Waals surface area (Å²) in [4.78, 5) is 20.4. The SMILES string of the molecule is Cc1ccc(C)c(NC(=O)[C@H](C)Sc2nc(N)cc(N)n2)c1. The lowest BCUT2D eigenvalue weighted by Gasteiger charge is -2.13. The molecule has 1 heterocycles. The molecule has 0 radical (unpaired) electrons. The van der Waals surface area contributed by atoms with E-state index in [0.29, 0.717) is 5.16 Å². The molecule has 0 aliphatic carbocycles. The fraction of sp³-hybridized carbons (Fsp3) is 0.267. The Kier molecular flexibility index (Phi) is 4.87. The summed E-state index contributed by atoms with van der Waals surface area (Å²) >= 11 is 1.22. The number of nitrogen functional groups attached to an aromatic ring is 2. The van der Waals surface area contributed by atoms with E-state index in [9.17, 15) is 4.79 Å². The summed E-state index contributed by atoms with van der Waals surface area (Å²) in [7, 11) is 0. The van der Waals surface area contributed by atoms with Crippen molar-refractivity contribution in [3.05, 3.63) is 35.4 Å². The highest BCUT2D eigenvalue weighted by molar-refractivity contribution is 8.00. The first kappa shape index (κ1) is 16.1. The summed E-state index contributed by atoms with van der Waals surface area (Å²) in [5.74, 6) is 0.456. The van der Waals surface area contributed by atoms with E-state index in [0.717, 1.165) is 16.8 Å². The lowest BCUT2D eigenvalue weighted by molar-refractivity contribution is -0.115. The van der Waals surface area contributed by atoms with Gasteiger partial charge in [0.15, 0.2) is 5.16 Å². The molecule has 2 rings (SSSR count). The van der Waals surface area contributed by atoms with Crippen LogP contribution in [0.1, 0.15) is 18.1 Å². The van der Waals surface area contributed by atoms with Crippen LogP contribution in [0.15, 0.2) is 29.4 Å². The number of benzene rings is 1. The topological polar surface area (TPSA) is 107 Å². The number of aryl methyl sites for hydroxylation is 2. The minimum Gasteiger partial charge on any atom is -0.383 e. The van der Waals surface area contributed by atoms with Gasteiger partial charge in [0, 0.05) is 11.8 Å². The van der Waals surface area contributed by atoms with Gasteiger partial charge in [-0.2, -0.15) is 0 Å². The van der Waals surface area contributed by atoms with E-state index in [4.69, 9.17) is 11.5 Å². The van der Waals surface area contributed by atoms with E-state index in [1.54, 1.807) is 6.92 Å². The molecule has 1 aromatic carbocycles. The van der Waals surface area contributed by atoms with Gasteiger partial charge in [-0.05, 0) is 38.0 Å². The van der Waals surface area contributed by atoms with E-state index in [1.807, 2.05) is 32.0 Å². The van der Waals surface area contributed by atoms with Crippen LogP contribution in [0.5, 0.6) is 0 Å². The monoisotopic (exact) mass is 317 g/mol. The molecule has 0 aliphatic heterocycles. The van der Waals surface area contributed by atoms with Crippen LogP contribution < -0.4 is 16.8 Å². The molecule has 116 valence electrons. The Morgan fingerprint density at radius 2 is 1.82 bits per heavy atom. The van der Waals surface area contributed by atoms with Gasteiger partial charge < -0.3 is 16.8 Å². The molecule has 0 fully saturated rings. The van der Waals surface area contributed by atoms with Crippen molar-refractivity contribution in [1.82, 2.24) is 9.97 Å². The maximum absolute atomic E-state index is 12.3. The van der Waals surface area contributed by atoms with Gasteiger partial charge in [-0.3, -0.25) is 4.79 Å². The molecule has 7 heteroatoms. The van der Waals surface area contributed by atoms with Crippen LogP contribution in [0.2, 0.25) is 0 Å². The number of thioether (sulfide) groups is 1. The second-order valence-corrected chi connectivity index (χ2v) is 6.38. The van der Waals surface area contributed by atoms with Gasteiger partial charge in [0.1, 0.15) is 11.6 Å². The number of anilines is 3. The molecular weight excluding hydrogens is 298 g/mol. The molecule has 5 N–H and O–H groups in total. The maximum Gasteiger partial charge on any atom is 0.237 e. The fourth-order valence-electron chi connectivity index (χ4n) is 1.83. The van der Waals surface area contributed by atoms with Gasteiger partial charge in [0.2, 0.25) is 5.91 Å². The summed E-state index contributed by atoms with van der Waals surface area (Å²) in [5.41, 5.74) is 14.2. The van der Waals surface area contributed by atoms with E-state index in [2.05, 4.69) is 15.3 Å². The van der Waals surface area contributed by atoms with Crippen LogP contribution in [0.25, 0.3) is 0 Å². The van der Waals surface area contributed by atoms with E-state index in [-0.39, 0.29) is 22.8 Å². The predicted octanol–water partition coefficient (Wildman–Crippen LogP) is 2.38. The quantitative estimate of drug-likeness (QED) is 0.590. The van der Waals surface area contributed by atoms with Crippen LogP contribution in [0, 0.1) is 13.8 Å². The molecule has 0 aliphatic rings. The molecule has 1 amide bonds. The van der Waals surface area contributed by atoms with Gasteiger partial charge in [0.05, 0.1) is 5.25 Å². The van der Waals surface area contributed by atoms with Crippen molar-refractivity contribution in [1.29, 1.82) is 0 Å². The number of carbonyl (C=O) groups is 1. The zero-order valence-electron chi connectivity index (χ0n) is 12.8. The van der Waals surface area contributed by atoms with Crippen LogP contribution in [0.4, 0.5) is 17.3 Å². The summed E-state index contributed by atoms with van der Waals surface area (Å²) < 4.78 is 0. The minimum atomic E-state index is -0.374. The zero-order chi connectivity index (χ0) is 16.3. The smallest absolute Gasteiger partial charge is 0.237 e. The summed E-state index contributed by atoms with van der Waals surface area (Å²) in [6.07, 6.45) is 0. The van der Waals surface area contributed by atoms with E-state index >= 15 is 0 Å². The Morgan fingerprint density at radius 3 is 2.45 bits per heavy atom. The molecule has 22 heavy (non-hydrogen) atoms. The zero-order valence-corrected chi connectivity index (χ0v) is 13.6. The lowest BCUT2D eigenvalue weighted by Crippen LogP contribution is -2.23. The fourth-order valence-corrected chi connectivity index (χ4v) is 2.63. The van der Waals surface area contributed by atoms with Crippen LogP contribution in [-0.2, 0) is 4.79 Å². The molecule has 0 spiro atoms. The Labute approximate surface area is 133 Å². The maximum atomic E-state index is 12.3. The molecule has 0 unspecified atom stereocenters. The van der Waals surface area contributed by atoms with Gasteiger partial charge in [-0.25, -0.2) is 9.97 Å². The Morgan fingerprint density at radius 1 is 1.18 bits per heavy atom. The molecular formula is C15H19N5OS. The first-order valence-corrected chi connectivity index (χ1v) is 7.68. The molecule has 1 atom stereocenters. The Hall–Kier alpha value is -2.28. The van der Waals surface area contributed by atoms with E-state index in [1.165, 1.54) is 17.8 Å². The number of nitrogens with one attached hydrogen (secondary N) is 1. The predicted molar refractivity (Wildman–Crippen MR) is 90.7 cm³/mol. The van der Waals surface area contributed by atoms with Gasteiger partial charge >= 0.3 is 0 Å². The molecule has 0 bridgehead atoms. The Balaban J connectivity index is 2.07. The highest BCUT2D eigenvalue weighted by Crippen LogP contribution is 2.23. The van der Waals surface area contributed by atoms with E-state index < -0.39 is 0 Å². The number of aromatic nitrogens is 2. The van der Waals surface area contributed by atoms with Crippen LogP contribution >= 0.6 is 11.8 Å². The van der Waals surface area contributed by atoms with Gasteiger partial charge in [0.25, 0.3) is 0 Å². The second kappa shape index (κ2) is 6.65. The van der Waals surface area contributed by atoms with Gasteiger partial charge in [-0.1, -0.05) is 23.9 Å². The van der Waals surface area contributed by atoms with Crippen molar-refractivity contribution >= 4 is 35.0 Å². The van der Waals surface area contributed by atoms with Crippen LogP contribution in [0.3, 0.4) is 0 Å². The largest absolute Gasteiger partial charge is 0.383 e. The highest BCUT2D eigenvalue weighted by Gasteiger charge is 2.17. The number of carbonyl (C=O) groups excluding carboxylic acids is 1. The van der Waals surface area contributed by atoms with Crippen LogP contribution in [-0.4, -0.2) is 21.1 Å². The molecule has 0 saturated carbocycles. The number of amides is 1. The summed E-state index contributed by atoms with van der Waals surface area (Å²) in [6.45, 7) is 5.72. The average molecular weight is 317 g/mol. The van der Waals surface area contributed by atoms with Crippen molar-refractivity contribution in [3.63, 3.8) is 0 Å². The van der Waals surface area contributed by atoms with Crippen molar-refractivity contribution in [2.75, 3.05) is 16.8 Å². The first-order valence-electron chi connectivity index (χ1n) is 6.80. The first-order chi connectivity index (χ1) is 10.3. The third kappa shape index (κ3) is 4.11. The third-order valence-electron chi connectivity index (χ3n) is 3.05. The number of nitrogens with two attached hydrogens (primary N) is 2. The summed E-state index contributed by atoms with van der Waals surface area (Å²) in [6, 6.07) is 7.40. The minimum absolute atomic E-state index is 0.122. The average Bonchev–Trinajstić information content (AvgIpc) is 2.41. The molecule has 1 aromatic heterocycles. The Bertz CT molecular complexity index is 684. The molecule has 0 saturated heterocycles. The lowest BCUT2D eigenvalue weighted by atomic mass is 10.1. The molecule has 2 aromatic rings. The van der Waals surface area contributed by atoms with Gasteiger partial charge in [-0.15, -0.1) is 0 Å². The third-order valence-corrected chi connectivity index (χ3v) is 4.01. The van der Waals surface area contributed by atoms with Crippen molar-refractivity contribution in [3.8, 4) is 0 Å². The standard InChI is InChI=1S/C15H19N5OS/c1-8-4-5-9(2)11(6-8)18-14(21)10(3)22-15-19-12(16)7-13(17)20-15/h4-7,10H,1-3H3,(H,18,21)(H4,16,17,19,20)/t10-/m0/s1. The number of nitrogens with zero attached hydrogens (tertiary/aromatic N) is 2. The number of hydrogen-bond donors (Lipinski definition) is 3. The molecule has 6 nitrogen and oxygen atoms in total. The van der Waals surface area contributed by atoms with Crippen molar-refractivity contribution < 1.29 is 4.79 Å². The second-order valence-electron chi connectivity index (χ2n) is 5.07.